The maximum Gasteiger partial charge on any atom is 0.161 e. The predicted molar refractivity (Wildman–Crippen MR) is 66.5 cm³/mol. The Morgan fingerprint density at radius 3 is 3.00 bits per heavy atom. The van der Waals surface area contributed by atoms with E-state index in [0.29, 0.717) is 18.1 Å². The zero-order valence-corrected chi connectivity index (χ0v) is 10.9. The van der Waals surface area contributed by atoms with Crippen LogP contribution in [0.5, 0.6) is 5.75 Å². The zero-order valence-electron chi connectivity index (χ0n) is 10.9. The molecule has 1 N–H and O–H groups in total. The summed E-state index contributed by atoms with van der Waals surface area (Å²) in [6, 6.07) is 0. The summed E-state index contributed by atoms with van der Waals surface area (Å²) in [6.07, 6.45) is 3.91. The maximum absolute atomic E-state index is 9.32. The summed E-state index contributed by atoms with van der Waals surface area (Å²) in [5.41, 5.74) is 0.548. The van der Waals surface area contributed by atoms with Crippen LogP contribution in [-0.2, 0) is 11.3 Å². The summed E-state index contributed by atoms with van der Waals surface area (Å²) in [7, 11) is 0. The van der Waals surface area contributed by atoms with Crippen LogP contribution in [0.25, 0.3) is 0 Å². The molecular formula is C13H20N2O3. The molecule has 1 aliphatic heterocycles. The molecule has 0 amide bonds. The molecule has 0 radical (unpaired) electrons. The van der Waals surface area contributed by atoms with Gasteiger partial charge in [0.05, 0.1) is 18.9 Å². The monoisotopic (exact) mass is 252 g/mol. The minimum atomic E-state index is -0.136. The van der Waals surface area contributed by atoms with Crippen LogP contribution < -0.4 is 4.74 Å². The van der Waals surface area contributed by atoms with E-state index in [4.69, 9.17) is 9.47 Å². The molecule has 2 rings (SSSR count). The van der Waals surface area contributed by atoms with Crippen LogP contribution in [-0.4, -0.2) is 34.4 Å². The van der Waals surface area contributed by atoms with Gasteiger partial charge in [-0.1, -0.05) is 13.8 Å². The van der Waals surface area contributed by atoms with Crippen molar-refractivity contribution in [1.82, 2.24) is 9.97 Å². The highest BCUT2D eigenvalue weighted by Crippen LogP contribution is 2.20. The van der Waals surface area contributed by atoms with E-state index < -0.39 is 0 Å². The highest BCUT2D eigenvalue weighted by atomic mass is 16.5. The van der Waals surface area contributed by atoms with E-state index in [1.807, 2.05) is 13.8 Å². The molecule has 1 atom stereocenters. The molecule has 100 valence electrons. The summed E-state index contributed by atoms with van der Waals surface area (Å²) in [6.45, 7) is 5.21. The van der Waals surface area contributed by atoms with Crippen molar-refractivity contribution >= 4 is 0 Å². The largest absolute Gasteiger partial charge is 0.487 e. The van der Waals surface area contributed by atoms with Crippen LogP contribution in [0, 0.1) is 0 Å². The fourth-order valence-corrected chi connectivity index (χ4v) is 1.89. The molecule has 0 spiro atoms. The summed E-state index contributed by atoms with van der Waals surface area (Å²) < 4.78 is 11.1. The zero-order chi connectivity index (χ0) is 13.0. The normalized spacial score (nSPS) is 19.4. The molecule has 0 bridgehead atoms. The van der Waals surface area contributed by atoms with Crippen molar-refractivity contribution in [2.24, 2.45) is 0 Å². The van der Waals surface area contributed by atoms with Crippen molar-refractivity contribution in [3.63, 3.8) is 0 Å². The minimum absolute atomic E-state index is 0.136. The van der Waals surface area contributed by atoms with Gasteiger partial charge in [0.15, 0.2) is 5.75 Å². The van der Waals surface area contributed by atoms with Crippen LogP contribution in [0.2, 0.25) is 0 Å². The van der Waals surface area contributed by atoms with Crippen LogP contribution in [0.4, 0.5) is 0 Å². The van der Waals surface area contributed by atoms with Crippen molar-refractivity contribution in [2.45, 2.75) is 45.3 Å². The highest BCUT2D eigenvalue weighted by Gasteiger charge is 2.17. The lowest BCUT2D eigenvalue weighted by molar-refractivity contribution is 0.0667. The van der Waals surface area contributed by atoms with E-state index in [-0.39, 0.29) is 18.6 Å². The third-order valence-corrected chi connectivity index (χ3v) is 2.96. The van der Waals surface area contributed by atoms with Crippen molar-refractivity contribution in [2.75, 3.05) is 13.2 Å². The van der Waals surface area contributed by atoms with Gasteiger partial charge in [-0.25, -0.2) is 9.97 Å². The van der Waals surface area contributed by atoms with Gasteiger partial charge < -0.3 is 14.6 Å². The Kier molecular flexibility index (Phi) is 4.49. The number of hydrogen-bond acceptors (Lipinski definition) is 5. The number of ether oxygens (including phenoxy) is 2. The molecule has 18 heavy (non-hydrogen) atoms. The predicted octanol–water partition coefficient (Wildman–Crippen LogP) is 1.65. The lowest BCUT2D eigenvalue weighted by atomic mass is 10.2. The first-order valence-electron chi connectivity index (χ1n) is 6.41. The van der Waals surface area contributed by atoms with E-state index >= 15 is 0 Å². The van der Waals surface area contributed by atoms with E-state index in [2.05, 4.69) is 9.97 Å². The molecule has 1 aliphatic rings. The van der Waals surface area contributed by atoms with Gasteiger partial charge in [0.2, 0.25) is 0 Å². The van der Waals surface area contributed by atoms with Gasteiger partial charge in [-0.05, 0) is 12.8 Å². The molecule has 1 fully saturated rings. The van der Waals surface area contributed by atoms with Crippen molar-refractivity contribution in [3.8, 4) is 5.75 Å². The topological polar surface area (TPSA) is 64.5 Å². The second-order valence-corrected chi connectivity index (χ2v) is 4.80. The maximum atomic E-state index is 9.32. The van der Waals surface area contributed by atoms with Gasteiger partial charge in [0, 0.05) is 12.5 Å². The molecule has 0 aliphatic carbocycles. The van der Waals surface area contributed by atoms with Gasteiger partial charge in [0.25, 0.3) is 0 Å². The summed E-state index contributed by atoms with van der Waals surface area (Å²) >= 11 is 0. The Morgan fingerprint density at radius 2 is 2.39 bits per heavy atom. The number of nitrogens with zero attached hydrogens (tertiary/aromatic N) is 2. The SMILES string of the molecule is CC(C)c1ncc(OCC2CCCO2)c(CO)n1. The summed E-state index contributed by atoms with van der Waals surface area (Å²) in [5.74, 6) is 1.52. The highest BCUT2D eigenvalue weighted by molar-refractivity contribution is 5.24. The molecule has 1 aromatic rings. The van der Waals surface area contributed by atoms with Crippen LogP contribution in [0.1, 0.15) is 44.1 Å². The Bertz CT molecular complexity index is 390. The lowest BCUT2D eigenvalue weighted by Gasteiger charge is -2.14. The van der Waals surface area contributed by atoms with Gasteiger partial charge >= 0.3 is 0 Å². The van der Waals surface area contributed by atoms with E-state index in [1.54, 1.807) is 6.20 Å². The van der Waals surface area contributed by atoms with Gasteiger partial charge in [0.1, 0.15) is 18.1 Å². The average Bonchev–Trinajstić information content (AvgIpc) is 2.89. The second kappa shape index (κ2) is 6.11. The number of aliphatic hydroxyl groups excluding tert-OH is 1. The van der Waals surface area contributed by atoms with E-state index in [9.17, 15) is 5.11 Å². The Balaban J connectivity index is 2.02. The van der Waals surface area contributed by atoms with Gasteiger partial charge in [-0.15, -0.1) is 0 Å². The molecule has 1 unspecified atom stereocenters. The van der Waals surface area contributed by atoms with Crippen molar-refractivity contribution < 1.29 is 14.6 Å². The molecule has 5 heteroatoms. The van der Waals surface area contributed by atoms with E-state index in [1.165, 1.54) is 0 Å². The standard InChI is InChI=1S/C13H20N2O3/c1-9(2)13-14-6-12(11(7-16)15-13)18-8-10-4-3-5-17-10/h6,9-10,16H,3-5,7-8H2,1-2H3. The number of aromatic nitrogens is 2. The first-order valence-corrected chi connectivity index (χ1v) is 6.41. The van der Waals surface area contributed by atoms with Crippen molar-refractivity contribution in [1.29, 1.82) is 0 Å². The number of rotatable bonds is 5. The van der Waals surface area contributed by atoms with Crippen LogP contribution in [0.3, 0.4) is 0 Å². The molecule has 0 saturated carbocycles. The number of hydrogen-bond donors (Lipinski definition) is 1. The third kappa shape index (κ3) is 3.17. The van der Waals surface area contributed by atoms with Crippen molar-refractivity contribution in [3.05, 3.63) is 17.7 Å². The fourth-order valence-electron chi connectivity index (χ4n) is 1.89. The molecule has 0 aromatic carbocycles. The summed E-state index contributed by atoms with van der Waals surface area (Å²) in [5, 5.41) is 9.32. The molecule has 2 heterocycles. The average molecular weight is 252 g/mol. The molecule has 5 nitrogen and oxygen atoms in total. The quantitative estimate of drug-likeness (QED) is 0.863. The Labute approximate surface area is 107 Å². The first-order chi connectivity index (χ1) is 8.70. The van der Waals surface area contributed by atoms with Gasteiger partial charge in [-0.2, -0.15) is 0 Å². The third-order valence-electron chi connectivity index (χ3n) is 2.96. The Hall–Kier alpha value is -1.20. The first kappa shape index (κ1) is 13.2. The summed E-state index contributed by atoms with van der Waals surface area (Å²) in [4.78, 5) is 8.55. The Morgan fingerprint density at radius 1 is 1.56 bits per heavy atom. The van der Waals surface area contributed by atoms with Crippen LogP contribution >= 0.6 is 0 Å². The van der Waals surface area contributed by atoms with E-state index in [0.717, 1.165) is 25.3 Å². The molecule has 1 aromatic heterocycles. The minimum Gasteiger partial charge on any atom is -0.487 e. The molecule has 1 saturated heterocycles. The van der Waals surface area contributed by atoms with Gasteiger partial charge in [-0.3, -0.25) is 0 Å². The second-order valence-electron chi connectivity index (χ2n) is 4.80. The van der Waals surface area contributed by atoms with Crippen LogP contribution in [0.15, 0.2) is 6.20 Å². The molecular weight excluding hydrogens is 232 g/mol. The smallest absolute Gasteiger partial charge is 0.161 e. The fraction of sp³-hybridized carbons (Fsp3) is 0.692. The lowest BCUT2D eigenvalue weighted by Crippen LogP contribution is -2.17. The number of aliphatic hydroxyl groups is 1.